The number of benzene rings is 2. The summed E-state index contributed by atoms with van der Waals surface area (Å²) < 4.78 is 14.0. The van der Waals surface area contributed by atoms with E-state index in [0.717, 1.165) is 29.3 Å². The van der Waals surface area contributed by atoms with E-state index < -0.39 is 11.9 Å². The minimum absolute atomic E-state index is 0.0619. The maximum Gasteiger partial charge on any atom is 0.292 e. The second kappa shape index (κ2) is 5.83. The molecular weight excluding hydrogens is 307 g/mol. The molecule has 0 aliphatic carbocycles. The number of nitrogens with zero attached hydrogens (tertiary/aromatic N) is 1. The number of hydrogen-bond acceptors (Lipinski definition) is 2. The fourth-order valence-electron chi connectivity index (χ4n) is 3.74. The molecule has 0 aromatic heterocycles. The minimum Gasteiger partial charge on any atom is -0.320 e. The van der Waals surface area contributed by atoms with Crippen molar-refractivity contribution in [2.24, 2.45) is 0 Å². The van der Waals surface area contributed by atoms with Crippen molar-refractivity contribution >= 4 is 17.5 Å². The zero-order valence-corrected chi connectivity index (χ0v) is 13.2. The number of hydrogen-bond donors (Lipinski definition) is 1. The van der Waals surface area contributed by atoms with E-state index in [1.54, 1.807) is 12.1 Å². The lowest BCUT2D eigenvalue weighted by Gasteiger charge is -2.29. The van der Waals surface area contributed by atoms with E-state index in [4.69, 9.17) is 0 Å². The Bertz CT molecular complexity index is 821. The number of quaternary nitrogens is 1. The van der Waals surface area contributed by atoms with Crippen molar-refractivity contribution in [3.05, 3.63) is 65.5 Å². The summed E-state index contributed by atoms with van der Waals surface area (Å²) in [6.45, 7) is 1.54. The van der Waals surface area contributed by atoms with E-state index in [2.05, 4.69) is 12.1 Å². The molecule has 2 atom stereocenters. The summed E-state index contributed by atoms with van der Waals surface area (Å²) in [5.41, 5.74) is 2.60. The first kappa shape index (κ1) is 15.0. The minimum atomic E-state index is -0.543. The van der Waals surface area contributed by atoms with Crippen LogP contribution in [-0.2, 0) is 22.6 Å². The highest BCUT2D eigenvalue weighted by molar-refractivity contribution is 6.21. The van der Waals surface area contributed by atoms with E-state index in [-0.39, 0.29) is 23.9 Å². The molecule has 4 nitrogen and oxygen atoms in total. The molecular formula is C19H18FN2O2+. The molecule has 4 rings (SSSR count). The molecule has 2 heterocycles. The Hall–Kier alpha value is -2.53. The third-order valence-corrected chi connectivity index (χ3v) is 4.98. The van der Waals surface area contributed by atoms with Crippen molar-refractivity contribution in [3.8, 4) is 0 Å². The average molecular weight is 325 g/mol. The Morgan fingerprint density at radius 2 is 1.71 bits per heavy atom. The van der Waals surface area contributed by atoms with Crippen LogP contribution in [0.1, 0.15) is 17.5 Å². The zero-order chi connectivity index (χ0) is 16.7. The molecule has 0 bridgehead atoms. The van der Waals surface area contributed by atoms with Crippen LogP contribution in [0.2, 0.25) is 0 Å². The fraction of sp³-hybridized carbons (Fsp3) is 0.263. The number of para-hydroxylation sites is 1. The number of rotatable bonds is 2. The van der Waals surface area contributed by atoms with Crippen LogP contribution in [-0.4, -0.2) is 24.4 Å². The van der Waals surface area contributed by atoms with E-state index in [1.165, 1.54) is 23.3 Å². The number of halogens is 1. The van der Waals surface area contributed by atoms with Crippen LogP contribution < -0.4 is 9.80 Å². The predicted molar refractivity (Wildman–Crippen MR) is 87.0 cm³/mol. The predicted octanol–water partition coefficient (Wildman–Crippen LogP) is 1.10. The summed E-state index contributed by atoms with van der Waals surface area (Å²) in [5.74, 6) is -1.15. The summed E-state index contributed by atoms with van der Waals surface area (Å²) in [7, 11) is 0. The van der Waals surface area contributed by atoms with Crippen molar-refractivity contribution in [1.29, 1.82) is 0 Å². The van der Waals surface area contributed by atoms with Crippen LogP contribution in [0.4, 0.5) is 10.1 Å². The Morgan fingerprint density at radius 3 is 2.50 bits per heavy atom. The number of amides is 2. The van der Waals surface area contributed by atoms with Gasteiger partial charge >= 0.3 is 0 Å². The van der Waals surface area contributed by atoms with Gasteiger partial charge in [-0.25, -0.2) is 9.29 Å². The van der Waals surface area contributed by atoms with Crippen LogP contribution in [0, 0.1) is 5.82 Å². The molecule has 122 valence electrons. The van der Waals surface area contributed by atoms with Gasteiger partial charge in [-0.15, -0.1) is 0 Å². The van der Waals surface area contributed by atoms with Gasteiger partial charge in [0.05, 0.1) is 18.7 Å². The molecule has 1 unspecified atom stereocenters. The van der Waals surface area contributed by atoms with E-state index in [0.29, 0.717) is 0 Å². The topological polar surface area (TPSA) is 41.8 Å². The second-order valence-corrected chi connectivity index (χ2v) is 6.38. The van der Waals surface area contributed by atoms with Crippen LogP contribution in [0.5, 0.6) is 0 Å². The van der Waals surface area contributed by atoms with Gasteiger partial charge in [0.2, 0.25) is 5.91 Å². The maximum absolute atomic E-state index is 14.0. The first-order valence-electron chi connectivity index (χ1n) is 8.18. The third-order valence-electron chi connectivity index (χ3n) is 4.98. The number of imide groups is 1. The average Bonchev–Trinajstić information content (AvgIpc) is 2.90. The lowest BCUT2D eigenvalue weighted by molar-refractivity contribution is -0.930. The Balaban J connectivity index is 1.60. The molecule has 0 saturated carbocycles. The van der Waals surface area contributed by atoms with E-state index in [1.807, 2.05) is 12.1 Å². The highest BCUT2D eigenvalue weighted by atomic mass is 19.1. The van der Waals surface area contributed by atoms with Gasteiger partial charge in [0.15, 0.2) is 6.04 Å². The molecule has 0 spiro atoms. The molecule has 2 amide bonds. The lowest BCUT2D eigenvalue weighted by atomic mass is 9.98. The molecule has 0 radical (unpaired) electrons. The first-order chi connectivity index (χ1) is 11.6. The molecule has 2 aliphatic rings. The van der Waals surface area contributed by atoms with Gasteiger partial charge in [-0.1, -0.05) is 36.4 Å². The smallest absolute Gasteiger partial charge is 0.292 e. The van der Waals surface area contributed by atoms with Gasteiger partial charge in [0.25, 0.3) is 5.91 Å². The summed E-state index contributed by atoms with van der Waals surface area (Å²) in [5, 5.41) is 0. The molecule has 24 heavy (non-hydrogen) atoms. The number of anilines is 1. The summed E-state index contributed by atoms with van der Waals surface area (Å²) in [6, 6.07) is 13.7. The SMILES string of the molecule is O=C1C[C@H]([NH+]2CCc3ccccc3C2)C(=O)N1c1ccccc1F. The monoisotopic (exact) mass is 325 g/mol. The van der Waals surface area contributed by atoms with Gasteiger partial charge in [0, 0.05) is 12.0 Å². The second-order valence-electron chi connectivity index (χ2n) is 6.38. The Morgan fingerprint density at radius 1 is 1.00 bits per heavy atom. The van der Waals surface area contributed by atoms with Crippen molar-refractivity contribution in [2.45, 2.75) is 25.4 Å². The van der Waals surface area contributed by atoms with Crippen molar-refractivity contribution in [3.63, 3.8) is 0 Å². The standard InChI is InChI=1S/C19H17FN2O2/c20-15-7-3-4-8-16(15)22-18(23)11-17(19(22)24)21-10-9-13-5-1-2-6-14(13)12-21/h1-8,17H,9-12H2/p+1/t17-/m0/s1. The van der Waals surface area contributed by atoms with Crippen molar-refractivity contribution in [2.75, 3.05) is 11.4 Å². The Labute approximate surface area is 139 Å². The van der Waals surface area contributed by atoms with Gasteiger partial charge in [0.1, 0.15) is 12.4 Å². The highest BCUT2D eigenvalue weighted by Crippen LogP contribution is 2.25. The van der Waals surface area contributed by atoms with Crippen LogP contribution in [0.25, 0.3) is 0 Å². The van der Waals surface area contributed by atoms with Crippen LogP contribution >= 0.6 is 0 Å². The first-order valence-corrected chi connectivity index (χ1v) is 8.18. The highest BCUT2D eigenvalue weighted by Gasteiger charge is 2.47. The van der Waals surface area contributed by atoms with E-state index >= 15 is 0 Å². The van der Waals surface area contributed by atoms with Gasteiger partial charge in [-0.05, 0) is 17.7 Å². The third kappa shape index (κ3) is 2.41. The van der Waals surface area contributed by atoms with Crippen molar-refractivity contribution in [1.82, 2.24) is 0 Å². The molecule has 1 fully saturated rings. The summed E-state index contributed by atoms with van der Waals surface area (Å²) in [6.07, 6.45) is 1.04. The fourth-order valence-corrected chi connectivity index (χ4v) is 3.74. The van der Waals surface area contributed by atoms with Gasteiger partial charge < -0.3 is 4.90 Å². The largest absolute Gasteiger partial charge is 0.320 e. The summed E-state index contributed by atoms with van der Waals surface area (Å²) >= 11 is 0. The quantitative estimate of drug-likeness (QED) is 0.840. The zero-order valence-electron chi connectivity index (χ0n) is 13.2. The van der Waals surface area contributed by atoms with Crippen LogP contribution in [0.15, 0.2) is 48.5 Å². The Kier molecular flexibility index (Phi) is 3.65. The number of carbonyl (C=O) groups is 2. The molecule has 1 N–H and O–H groups in total. The van der Waals surface area contributed by atoms with Crippen molar-refractivity contribution < 1.29 is 18.9 Å². The normalized spacial score (nSPS) is 23.5. The molecule has 1 saturated heterocycles. The number of fused-ring (bicyclic) bond motifs is 1. The summed E-state index contributed by atoms with van der Waals surface area (Å²) in [4.78, 5) is 27.3. The lowest BCUT2D eigenvalue weighted by Crippen LogP contribution is -3.16. The van der Waals surface area contributed by atoms with Gasteiger partial charge in [-0.2, -0.15) is 0 Å². The molecule has 5 heteroatoms. The number of carbonyl (C=O) groups excluding carboxylic acids is 2. The van der Waals surface area contributed by atoms with E-state index in [9.17, 15) is 14.0 Å². The maximum atomic E-state index is 14.0. The van der Waals surface area contributed by atoms with Crippen LogP contribution in [0.3, 0.4) is 0 Å². The molecule has 2 aromatic carbocycles. The molecule has 2 aromatic rings. The molecule has 2 aliphatic heterocycles. The number of nitrogens with one attached hydrogen (secondary N) is 1. The van der Waals surface area contributed by atoms with Gasteiger partial charge in [-0.3, -0.25) is 9.59 Å².